The van der Waals surface area contributed by atoms with Gasteiger partial charge in [0.05, 0.1) is 4.92 Å². The number of hydrogen-bond donors (Lipinski definition) is 0. The van der Waals surface area contributed by atoms with Crippen molar-refractivity contribution in [3.8, 4) is 5.75 Å². The summed E-state index contributed by atoms with van der Waals surface area (Å²) in [6.07, 6.45) is 0. The lowest BCUT2D eigenvalue weighted by Crippen LogP contribution is -2.06. The molecule has 0 fully saturated rings. The number of nitro groups is 1. The minimum absolute atomic E-state index is 0.00548. The normalized spacial score (nSPS) is 10.1. The fraction of sp³-hybridized carbons (Fsp3) is 0.0833. The number of hydrogen-bond acceptors (Lipinski definition) is 5. The van der Waals surface area contributed by atoms with Crippen molar-refractivity contribution in [1.29, 1.82) is 0 Å². The van der Waals surface area contributed by atoms with Gasteiger partial charge in [0, 0.05) is 11.6 Å². The second-order valence-corrected chi connectivity index (χ2v) is 4.52. The first kappa shape index (κ1) is 12.3. The lowest BCUT2D eigenvalue weighted by Gasteiger charge is -2.04. The molecule has 18 heavy (non-hydrogen) atoms. The predicted octanol–water partition coefficient (Wildman–Crippen LogP) is 3.18. The van der Waals surface area contributed by atoms with E-state index in [1.54, 1.807) is 24.4 Å². The number of thiophene rings is 1. The molecule has 5 nitrogen and oxygen atoms in total. The molecule has 1 aromatic heterocycles. The van der Waals surface area contributed by atoms with Gasteiger partial charge in [-0.05, 0) is 30.5 Å². The van der Waals surface area contributed by atoms with Crippen LogP contribution in [0, 0.1) is 17.0 Å². The van der Waals surface area contributed by atoms with E-state index in [2.05, 4.69) is 0 Å². The molecule has 0 N–H and O–H groups in total. The van der Waals surface area contributed by atoms with E-state index in [9.17, 15) is 14.9 Å². The lowest BCUT2D eigenvalue weighted by atomic mass is 10.2. The quantitative estimate of drug-likeness (QED) is 0.369. The Morgan fingerprint density at radius 2 is 2.17 bits per heavy atom. The third-order valence-electron chi connectivity index (χ3n) is 2.30. The van der Waals surface area contributed by atoms with Crippen molar-refractivity contribution in [2.45, 2.75) is 6.92 Å². The molecule has 92 valence electrons. The van der Waals surface area contributed by atoms with Crippen LogP contribution in [0.5, 0.6) is 5.75 Å². The largest absolute Gasteiger partial charge is 0.422 e. The Labute approximate surface area is 107 Å². The summed E-state index contributed by atoms with van der Waals surface area (Å²) in [6, 6.07) is 7.63. The molecule has 2 aromatic rings. The van der Waals surface area contributed by atoms with Crippen molar-refractivity contribution >= 4 is 23.0 Å². The fourth-order valence-electron chi connectivity index (χ4n) is 1.45. The molecule has 0 saturated carbocycles. The lowest BCUT2D eigenvalue weighted by molar-refractivity contribution is -0.385. The second kappa shape index (κ2) is 4.97. The molecule has 0 bridgehead atoms. The van der Waals surface area contributed by atoms with E-state index in [1.807, 2.05) is 0 Å². The predicted molar refractivity (Wildman–Crippen MR) is 67.1 cm³/mol. The van der Waals surface area contributed by atoms with Crippen LogP contribution < -0.4 is 4.74 Å². The zero-order chi connectivity index (χ0) is 13.1. The third-order valence-corrected chi connectivity index (χ3v) is 3.15. The molecule has 0 aliphatic rings. The standard InChI is InChI=1S/C12H9NO4S/c1-8-7-9(4-5-10(8)13(15)16)17-12(14)11-3-2-6-18-11/h2-7H,1H3. The second-order valence-electron chi connectivity index (χ2n) is 3.57. The van der Waals surface area contributed by atoms with Gasteiger partial charge in [0.25, 0.3) is 5.69 Å². The van der Waals surface area contributed by atoms with Gasteiger partial charge in [-0.3, -0.25) is 10.1 Å². The zero-order valence-electron chi connectivity index (χ0n) is 9.45. The molecule has 0 atom stereocenters. The highest BCUT2D eigenvalue weighted by atomic mass is 32.1. The van der Waals surface area contributed by atoms with Crippen molar-refractivity contribution in [2.24, 2.45) is 0 Å². The number of nitro benzene ring substituents is 1. The highest BCUT2D eigenvalue weighted by Crippen LogP contribution is 2.24. The Hall–Kier alpha value is -2.21. The molecule has 0 aliphatic carbocycles. The summed E-state index contributed by atoms with van der Waals surface area (Å²) < 4.78 is 5.12. The molecular weight excluding hydrogens is 254 g/mol. The average Bonchev–Trinajstić information content (AvgIpc) is 2.81. The van der Waals surface area contributed by atoms with Crippen molar-refractivity contribution in [3.05, 3.63) is 56.3 Å². The Morgan fingerprint density at radius 1 is 1.39 bits per heavy atom. The van der Waals surface area contributed by atoms with E-state index in [1.165, 1.54) is 29.5 Å². The highest BCUT2D eigenvalue weighted by molar-refractivity contribution is 7.12. The molecule has 1 heterocycles. The van der Waals surface area contributed by atoms with E-state index in [0.717, 1.165) is 0 Å². The van der Waals surface area contributed by atoms with Crippen LogP contribution in [0.1, 0.15) is 15.2 Å². The topological polar surface area (TPSA) is 69.4 Å². The highest BCUT2D eigenvalue weighted by Gasteiger charge is 2.14. The number of nitrogens with zero attached hydrogens (tertiary/aromatic N) is 1. The van der Waals surface area contributed by atoms with Gasteiger partial charge in [-0.1, -0.05) is 6.07 Å². The van der Waals surface area contributed by atoms with Gasteiger partial charge in [-0.25, -0.2) is 4.79 Å². The Bertz CT molecular complexity index is 592. The molecule has 0 unspecified atom stereocenters. The number of benzene rings is 1. The van der Waals surface area contributed by atoms with Crippen molar-refractivity contribution in [1.82, 2.24) is 0 Å². The summed E-state index contributed by atoms with van der Waals surface area (Å²) in [6.45, 7) is 1.60. The van der Waals surface area contributed by atoms with Crippen LogP contribution >= 0.6 is 11.3 Å². The molecule has 0 aliphatic heterocycles. The molecule has 2 rings (SSSR count). The van der Waals surface area contributed by atoms with E-state index in [0.29, 0.717) is 16.2 Å². The van der Waals surface area contributed by atoms with Crippen LogP contribution in [0.25, 0.3) is 0 Å². The van der Waals surface area contributed by atoms with Crippen LogP contribution in [0.3, 0.4) is 0 Å². The summed E-state index contributed by atoms with van der Waals surface area (Å²) in [7, 11) is 0. The van der Waals surface area contributed by atoms with E-state index in [-0.39, 0.29) is 5.69 Å². The summed E-state index contributed by atoms with van der Waals surface area (Å²) >= 11 is 1.28. The summed E-state index contributed by atoms with van der Waals surface area (Å²) in [5, 5.41) is 12.4. The molecule has 6 heteroatoms. The van der Waals surface area contributed by atoms with E-state index in [4.69, 9.17) is 4.74 Å². The van der Waals surface area contributed by atoms with Gasteiger partial charge in [0.15, 0.2) is 0 Å². The molecule has 0 spiro atoms. The van der Waals surface area contributed by atoms with Gasteiger partial charge in [-0.15, -0.1) is 11.3 Å². The Morgan fingerprint density at radius 3 is 2.72 bits per heavy atom. The van der Waals surface area contributed by atoms with Crippen LogP contribution in [0.2, 0.25) is 0 Å². The number of carbonyl (C=O) groups excluding carboxylic acids is 1. The van der Waals surface area contributed by atoms with E-state index >= 15 is 0 Å². The average molecular weight is 263 g/mol. The number of esters is 1. The van der Waals surface area contributed by atoms with Crippen LogP contribution in [-0.2, 0) is 0 Å². The number of carbonyl (C=O) groups is 1. The molecular formula is C12H9NO4S. The van der Waals surface area contributed by atoms with Gasteiger partial charge in [0.1, 0.15) is 10.6 Å². The molecule has 1 aromatic carbocycles. The number of aryl methyl sites for hydroxylation is 1. The van der Waals surface area contributed by atoms with Crippen molar-refractivity contribution in [2.75, 3.05) is 0 Å². The Balaban J connectivity index is 2.18. The van der Waals surface area contributed by atoms with Crippen LogP contribution in [0.15, 0.2) is 35.7 Å². The van der Waals surface area contributed by atoms with Crippen molar-refractivity contribution in [3.63, 3.8) is 0 Å². The SMILES string of the molecule is Cc1cc(OC(=O)c2cccs2)ccc1[N+](=O)[O-]. The number of ether oxygens (including phenoxy) is 1. The van der Waals surface area contributed by atoms with Gasteiger partial charge >= 0.3 is 5.97 Å². The number of rotatable bonds is 3. The first-order chi connectivity index (χ1) is 8.58. The van der Waals surface area contributed by atoms with Crippen molar-refractivity contribution < 1.29 is 14.5 Å². The molecule has 0 saturated heterocycles. The smallest absolute Gasteiger partial charge is 0.353 e. The molecule has 0 radical (unpaired) electrons. The van der Waals surface area contributed by atoms with Gasteiger partial charge < -0.3 is 4.74 Å². The Kier molecular flexibility index (Phi) is 3.38. The maximum atomic E-state index is 11.7. The summed E-state index contributed by atoms with van der Waals surface area (Å²) in [4.78, 5) is 22.3. The first-order valence-electron chi connectivity index (χ1n) is 5.08. The van der Waals surface area contributed by atoms with E-state index < -0.39 is 10.9 Å². The minimum atomic E-state index is -0.472. The van der Waals surface area contributed by atoms with Gasteiger partial charge in [-0.2, -0.15) is 0 Å². The van der Waals surface area contributed by atoms with Crippen LogP contribution in [0.4, 0.5) is 5.69 Å². The maximum absolute atomic E-state index is 11.7. The monoisotopic (exact) mass is 263 g/mol. The van der Waals surface area contributed by atoms with Crippen LogP contribution in [-0.4, -0.2) is 10.9 Å². The van der Waals surface area contributed by atoms with Gasteiger partial charge in [0.2, 0.25) is 0 Å². The summed E-state index contributed by atoms with van der Waals surface area (Å²) in [5.74, 6) is -0.158. The maximum Gasteiger partial charge on any atom is 0.353 e. The first-order valence-corrected chi connectivity index (χ1v) is 5.96. The third kappa shape index (κ3) is 2.54. The fourth-order valence-corrected chi connectivity index (χ4v) is 2.05. The summed E-state index contributed by atoms with van der Waals surface area (Å²) in [5.41, 5.74) is 0.461. The molecule has 0 amide bonds. The minimum Gasteiger partial charge on any atom is -0.422 e. The zero-order valence-corrected chi connectivity index (χ0v) is 10.3.